The van der Waals surface area contributed by atoms with Gasteiger partial charge in [0.25, 0.3) is 5.91 Å². The Kier molecular flexibility index (Phi) is 8.51. The summed E-state index contributed by atoms with van der Waals surface area (Å²) >= 11 is 12.2. The van der Waals surface area contributed by atoms with Gasteiger partial charge in [0, 0.05) is 28.7 Å². The fourth-order valence-corrected chi connectivity index (χ4v) is 6.01. The number of hydrogen-bond donors (Lipinski definition) is 2. The first kappa shape index (κ1) is 28.8. The van der Waals surface area contributed by atoms with Crippen molar-refractivity contribution in [2.75, 3.05) is 23.7 Å². The molecular formula is C27H26Cl2FN3O5S. The van der Waals surface area contributed by atoms with Gasteiger partial charge >= 0.3 is 5.97 Å². The highest BCUT2D eigenvalue weighted by molar-refractivity contribution is 7.92. The second-order valence-electron chi connectivity index (χ2n) is 9.40. The van der Waals surface area contributed by atoms with E-state index >= 15 is 0 Å². The Hall–Kier alpha value is -3.18. The Balaban J connectivity index is 1.63. The molecule has 1 saturated heterocycles. The summed E-state index contributed by atoms with van der Waals surface area (Å²) in [5.41, 5.74) is 1.68. The fraction of sp³-hybridized carbons (Fsp3) is 0.259. The smallest absolute Gasteiger partial charge is 0.325 e. The highest BCUT2D eigenvalue weighted by atomic mass is 35.5. The molecule has 12 heteroatoms. The van der Waals surface area contributed by atoms with E-state index in [1.54, 1.807) is 24.3 Å². The SMILES string of the molecule is C[C@H](NC(=O)c1cc(F)cc(N(C2CN(C(c3ccc(Cl)cc3)c3ccc(Cl)cc3)C2)S(C)(=O)=O)c1)C(=O)O. The maximum atomic E-state index is 14.6. The van der Waals surface area contributed by atoms with Crippen LogP contribution < -0.4 is 9.62 Å². The number of hydrogen-bond acceptors (Lipinski definition) is 5. The van der Waals surface area contributed by atoms with E-state index in [-0.39, 0.29) is 17.3 Å². The van der Waals surface area contributed by atoms with Gasteiger partial charge in [0.2, 0.25) is 10.0 Å². The summed E-state index contributed by atoms with van der Waals surface area (Å²) < 4.78 is 41.5. The third-order valence-corrected chi connectivity index (χ3v) is 8.16. The van der Waals surface area contributed by atoms with Gasteiger partial charge in [-0.3, -0.25) is 18.8 Å². The predicted octanol–water partition coefficient (Wildman–Crippen LogP) is 4.58. The topological polar surface area (TPSA) is 107 Å². The maximum absolute atomic E-state index is 14.6. The van der Waals surface area contributed by atoms with Crippen LogP contribution in [0.4, 0.5) is 10.1 Å². The molecule has 1 heterocycles. The lowest BCUT2D eigenvalue weighted by Crippen LogP contribution is -2.61. The van der Waals surface area contributed by atoms with Crippen molar-refractivity contribution in [2.24, 2.45) is 0 Å². The van der Waals surface area contributed by atoms with E-state index in [2.05, 4.69) is 10.2 Å². The van der Waals surface area contributed by atoms with Gasteiger partial charge in [-0.2, -0.15) is 0 Å². The molecule has 4 rings (SSSR count). The minimum Gasteiger partial charge on any atom is -0.480 e. The van der Waals surface area contributed by atoms with Crippen LogP contribution in [0.2, 0.25) is 10.0 Å². The summed E-state index contributed by atoms with van der Waals surface area (Å²) in [4.78, 5) is 25.7. The number of likely N-dealkylation sites (tertiary alicyclic amines) is 1. The van der Waals surface area contributed by atoms with Crippen LogP contribution in [0.25, 0.3) is 0 Å². The van der Waals surface area contributed by atoms with Crippen LogP contribution in [0.3, 0.4) is 0 Å². The summed E-state index contributed by atoms with van der Waals surface area (Å²) in [6.45, 7) is 1.90. The third-order valence-electron chi connectivity index (χ3n) is 6.43. The number of carbonyl (C=O) groups excluding carboxylic acids is 1. The van der Waals surface area contributed by atoms with Gasteiger partial charge in [-0.1, -0.05) is 47.5 Å². The van der Waals surface area contributed by atoms with Crippen LogP contribution in [0.5, 0.6) is 0 Å². The number of aliphatic carboxylic acids is 1. The monoisotopic (exact) mass is 593 g/mol. The molecule has 0 spiro atoms. The predicted molar refractivity (Wildman–Crippen MR) is 148 cm³/mol. The highest BCUT2D eigenvalue weighted by Gasteiger charge is 2.41. The van der Waals surface area contributed by atoms with E-state index in [0.717, 1.165) is 33.8 Å². The molecule has 0 saturated carbocycles. The number of nitrogens with one attached hydrogen (secondary N) is 1. The lowest BCUT2D eigenvalue weighted by molar-refractivity contribution is -0.138. The van der Waals surface area contributed by atoms with Crippen LogP contribution in [0.15, 0.2) is 66.7 Å². The van der Waals surface area contributed by atoms with Gasteiger partial charge in [-0.05, 0) is 60.5 Å². The minimum absolute atomic E-state index is 0.0233. The van der Waals surface area contributed by atoms with Crippen LogP contribution in [0.1, 0.15) is 34.5 Å². The number of rotatable bonds is 9. The number of carbonyl (C=O) groups is 2. The molecule has 2 N–H and O–H groups in total. The van der Waals surface area contributed by atoms with Gasteiger partial charge < -0.3 is 10.4 Å². The number of carboxylic acids is 1. The molecule has 39 heavy (non-hydrogen) atoms. The Morgan fingerprint density at radius 2 is 1.51 bits per heavy atom. The number of carboxylic acid groups (broad SMARTS) is 1. The Bertz CT molecular complexity index is 1430. The van der Waals surface area contributed by atoms with Crippen molar-refractivity contribution >= 4 is 50.8 Å². The molecule has 0 bridgehead atoms. The van der Waals surface area contributed by atoms with Gasteiger partial charge in [0.1, 0.15) is 11.9 Å². The summed E-state index contributed by atoms with van der Waals surface area (Å²) in [7, 11) is -3.88. The van der Waals surface area contributed by atoms with E-state index in [1.165, 1.54) is 13.0 Å². The van der Waals surface area contributed by atoms with E-state index < -0.39 is 39.8 Å². The number of halogens is 3. The fourth-order valence-electron chi connectivity index (χ4n) is 4.60. The Morgan fingerprint density at radius 1 is 1.00 bits per heavy atom. The van der Waals surface area contributed by atoms with Crippen molar-refractivity contribution in [2.45, 2.75) is 25.0 Å². The molecular weight excluding hydrogens is 568 g/mol. The summed E-state index contributed by atoms with van der Waals surface area (Å²) in [6.07, 6.45) is 1.02. The van der Waals surface area contributed by atoms with E-state index in [4.69, 9.17) is 28.3 Å². The zero-order valence-corrected chi connectivity index (χ0v) is 23.3. The van der Waals surface area contributed by atoms with E-state index in [0.29, 0.717) is 23.1 Å². The molecule has 3 aromatic carbocycles. The van der Waals surface area contributed by atoms with Crippen molar-refractivity contribution in [3.05, 3.63) is 99.3 Å². The first-order chi connectivity index (χ1) is 18.3. The molecule has 0 aliphatic carbocycles. The number of sulfonamides is 1. The number of nitrogens with zero attached hydrogens (tertiary/aromatic N) is 2. The van der Waals surface area contributed by atoms with Crippen molar-refractivity contribution in [1.29, 1.82) is 0 Å². The summed E-state index contributed by atoms with van der Waals surface area (Å²) in [5, 5.41) is 12.5. The normalized spacial score (nSPS) is 15.0. The van der Waals surface area contributed by atoms with Gasteiger partial charge in [0.05, 0.1) is 24.0 Å². The molecule has 0 unspecified atom stereocenters. The zero-order chi connectivity index (χ0) is 28.5. The molecule has 1 fully saturated rings. The first-order valence-electron chi connectivity index (χ1n) is 11.9. The molecule has 1 aliphatic rings. The van der Waals surface area contributed by atoms with Crippen LogP contribution in [-0.4, -0.2) is 61.7 Å². The van der Waals surface area contributed by atoms with Crippen molar-refractivity contribution in [1.82, 2.24) is 10.2 Å². The average molecular weight is 594 g/mol. The molecule has 1 aliphatic heterocycles. The van der Waals surface area contributed by atoms with E-state index in [9.17, 15) is 22.4 Å². The second kappa shape index (κ2) is 11.5. The molecule has 206 valence electrons. The Labute approximate surface area is 236 Å². The van der Waals surface area contributed by atoms with E-state index in [1.807, 2.05) is 24.3 Å². The van der Waals surface area contributed by atoms with Crippen molar-refractivity contribution < 1.29 is 27.5 Å². The van der Waals surface area contributed by atoms with Crippen LogP contribution in [-0.2, 0) is 14.8 Å². The summed E-state index contributed by atoms with van der Waals surface area (Å²) in [5.74, 6) is -2.92. The number of benzene rings is 3. The van der Waals surface area contributed by atoms with Gasteiger partial charge in [-0.15, -0.1) is 0 Å². The zero-order valence-electron chi connectivity index (χ0n) is 21.0. The largest absolute Gasteiger partial charge is 0.480 e. The molecule has 3 aromatic rings. The molecule has 1 amide bonds. The number of amides is 1. The standard InChI is InChI=1S/C27H26Cl2FN3O5S/c1-16(27(35)36)31-26(34)19-11-22(30)13-23(12-19)33(39(2,37)38)24-14-32(15-24)25(17-3-7-20(28)8-4-17)18-5-9-21(29)10-6-18/h3-13,16,24-25H,14-15H2,1-2H3,(H,31,34)(H,35,36)/t16-/m0/s1. The van der Waals surface area contributed by atoms with Crippen molar-refractivity contribution in [3.8, 4) is 0 Å². The number of anilines is 1. The molecule has 1 atom stereocenters. The highest BCUT2D eigenvalue weighted by Crippen LogP contribution is 2.37. The van der Waals surface area contributed by atoms with Crippen LogP contribution in [0, 0.1) is 5.82 Å². The first-order valence-corrected chi connectivity index (χ1v) is 14.5. The second-order valence-corrected chi connectivity index (χ2v) is 12.1. The van der Waals surface area contributed by atoms with Crippen molar-refractivity contribution in [3.63, 3.8) is 0 Å². The molecule has 0 radical (unpaired) electrons. The third kappa shape index (κ3) is 6.70. The average Bonchev–Trinajstić information content (AvgIpc) is 2.83. The van der Waals surface area contributed by atoms with Gasteiger partial charge in [-0.25, -0.2) is 12.8 Å². The lowest BCUT2D eigenvalue weighted by atomic mass is 9.93. The molecule has 0 aromatic heterocycles. The van der Waals surface area contributed by atoms with Crippen LogP contribution >= 0.6 is 23.2 Å². The summed E-state index contributed by atoms with van der Waals surface area (Å²) in [6, 6.07) is 16.0. The lowest BCUT2D eigenvalue weighted by Gasteiger charge is -2.48. The van der Waals surface area contributed by atoms with Gasteiger partial charge in [0.15, 0.2) is 0 Å². The minimum atomic E-state index is -3.88. The Morgan fingerprint density at radius 3 is 1.97 bits per heavy atom. The quantitative estimate of drug-likeness (QED) is 0.376. The maximum Gasteiger partial charge on any atom is 0.325 e. The molecule has 8 nitrogen and oxygen atoms in total.